The highest BCUT2D eigenvalue weighted by Crippen LogP contribution is 2.42. The van der Waals surface area contributed by atoms with E-state index in [0.717, 1.165) is 21.8 Å². The minimum absolute atomic E-state index is 0.244. The number of hydrogen-bond acceptors (Lipinski definition) is 5. The van der Waals surface area contributed by atoms with Crippen molar-refractivity contribution in [1.29, 1.82) is 0 Å². The Morgan fingerprint density at radius 1 is 1.12 bits per heavy atom. The quantitative estimate of drug-likeness (QED) is 0.446. The fraction of sp³-hybridized carbons (Fsp3) is 0.304. The molecule has 1 saturated heterocycles. The molecule has 0 bridgehead atoms. The van der Waals surface area contributed by atoms with Gasteiger partial charge in [-0.25, -0.2) is 0 Å². The van der Waals surface area contributed by atoms with Gasteiger partial charge in [0.15, 0.2) is 5.75 Å². The molecular formula is C23H21Cl2NO5S. The highest BCUT2D eigenvalue weighted by atomic mass is 35.5. The van der Waals surface area contributed by atoms with E-state index in [2.05, 4.69) is 6.58 Å². The van der Waals surface area contributed by atoms with Crippen LogP contribution in [0.1, 0.15) is 24.0 Å². The number of benzene rings is 2. The van der Waals surface area contributed by atoms with E-state index < -0.39 is 11.9 Å². The molecule has 6 nitrogen and oxygen atoms in total. The predicted molar refractivity (Wildman–Crippen MR) is 123 cm³/mol. The molecule has 1 amide bonds. The molecule has 0 spiro atoms. The molecule has 2 aliphatic heterocycles. The van der Waals surface area contributed by atoms with Crippen LogP contribution in [-0.4, -0.2) is 41.6 Å². The monoisotopic (exact) mass is 493 g/mol. The Balaban J connectivity index is 1.48. The third kappa shape index (κ3) is 4.76. The van der Waals surface area contributed by atoms with Crippen molar-refractivity contribution < 1.29 is 24.5 Å². The van der Waals surface area contributed by atoms with Crippen LogP contribution >= 0.6 is 35.0 Å². The molecule has 2 heterocycles. The largest absolute Gasteiger partial charge is 0.481 e. The Kier molecular flexibility index (Phi) is 7.00. The van der Waals surface area contributed by atoms with Gasteiger partial charge in [0.1, 0.15) is 0 Å². The highest BCUT2D eigenvalue weighted by molar-refractivity contribution is 7.99. The van der Waals surface area contributed by atoms with Gasteiger partial charge >= 0.3 is 5.97 Å². The summed E-state index contributed by atoms with van der Waals surface area (Å²) in [4.78, 5) is 37.6. The van der Waals surface area contributed by atoms with Gasteiger partial charge in [-0.3, -0.25) is 9.59 Å². The number of carbonyl (C=O) groups is 2. The summed E-state index contributed by atoms with van der Waals surface area (Å²) in [5.74, 6) is -0.783. The topological polar surface area (TPSA) is 76.1 Å². The molecule has 0 saturated carbocycles. The maximum atomic E-state index is 12.9. The highest BCUT2D eigenvalue weighted by Gasteiger charge is 2.29. The molecule has 2 aromatic rings. The fourth-order valence-electron chi connectivity index (χ4n) is 3.76. The second kappa shape index (κ2) is 9.75. The average Bonchev–Trinajstić information content (AvgIpc) is 2.81. The molecule has 168 valence electrons. The number of fused-ring (bicyclic) bond motifs is 1. The zero-order valence-electron chi connectivity index (χ0n) is 17.1. The molecular weight excluding hydrogens is 473 g/mol. The van der Waals surface area contributed by atoms with E-state index in [-0.39, 0.29) is 16.5 Å². The van der Waals surface area contributed by atoms with E-state index in [1.54, 1.807) is 11.0 Å². The smallest absolute Gasteiger partial charge is 0.306 e. The lowest BCUT2D eigenvalue weighted by Crippen LogP contribution is -2.40. The van der Waals surface area contributed by atoms with Crippen molar-refractivity contribution in [1.82, 2.24) is 4.90 Å². The first-order valence-corrected chi connectivity index (χ1v) is 11.7. The molecule has 1 fully saturated rings. The Labute approximate surface area is 200 Å². The third-order valence-electron chi connectivity index (χ3n) is 5.62. The number of carbonyl (C=O) groups excluding carboxylic acids is 1. The van der Waals surface area contributed by atoms with E-state index in [0.29, 0.717) is 48.9 Å². The van der Waals surface area contributed by atoms with Crippen LogP contribution in [0.4, 0.5) is 0 Å². The summed E-state index contributed by atoms with van der Waals surface area (Å²) in [6.45, 7) is 5.19. The number of amides is 1. The summed E-state index contributed by atoms with van der Waals surface area (Å²) in [6, 6.07) is 9.37. The van der Waals surface area contributed by atoms with E-state index in [1.807, 2.05) is 24.3 Å². The molecule has 9 heteroatoms. The summed E-state index contributed by atoms with van der Waals surface area (Å²) in [5, 5.41) is 9.76. The van der Waals surface area contributed by atoms with Crippen molar-refractivity contribution >= 4 is 52.4 Å². The number of rotatable bonds is 5. The molecule has 0 radical (unpaired) electrons. The number of likely N-dealkylation sites (tertiary alicyclic amines) is 1. The van der Waals surface area contributed by atoms with Gasteiger partial charge in [-0.05, 0) is 37.1 Å². The molecule has 32 heavy (non-hydrogen) atoms. The lowest BCUT2D eigenvalue weighted by atomic mass is 9.96. The van der Waals surface area contributed by atoms with E-state index in [1.165, 1.54) is 11.8 Å². The van der Waals surface area contributed by atoms with Gasteiger partial charge in [-0.15, -0.1) is 0 Å². The van der Waals surface area contributed by atoms with Gasteiger partial charge in [0.05, 0.1) is 22.6 Å². The zero-order chi connectivity index (χ0) is 22.8. The number of carboxylic acid groups (broad SMARTS) is 1. The van der Waals surface area contributed by atoms with Gasteiger partial charge in [-0.2, -0.15) is 4.89 Å². The van der Waals surface area contributed by atoms with Crippen LogP contribution in [0.3, 0.4) is 0 Å². The first-order valence-electron chi connectivity index (χ1n) is 10.1. The fourth-order valence-corrected chi connectivity index (χ4v) is 5.29. The normalized spacial score (nSPS) is 16.2. The van der Waals surface area contributed by atoms with Crippen molar-refractivity contribution in [2.75, 3.05) is 19.7 Å². The lowest BCUT2D eigenvalue weighted by Gasteiger charge is -2.30. The molecule has 4 rings (SSSR count). The van der Waals surface area contributed by atoms with Crippen LogP contribution < -0.4 is 4.89 Å². The van der Waals surface area contributed by atoms with Gasteiger partial charge in [0.2, 0.25) is 0 Å². The van der Waals surface area contributed by atoms with Crippen molar-refractivity contribution in [2.45, 2.75) is 29.1 Å². The van der Waals surface area contributed by atoms with Crippen molar-refractivity contribution in [3.05, 3.63) is 58.1 Å². The van der Waals surface area contributed by atoms with Crippen LogP contribution in [0.25, 0.3) is 5.57 Å². The molecule has 2 aliphatic rings. The maximum absolute atomic E-state index is 12.9. The number of piperidine rings is 1. The second-order valence-electron chi connectivity index (χ2n) is 7.65. The van der Waals surface area contributed by atoms with E-state index >= 15 is 0 Å². The van der Waals surface area contributed by atoms with Crippen molar-refractivity contribution in [2.24, 2.45) is 5.92 Å². The molecule has 0 aliphatic carbocycles. The van der Waals surface area contributed by atoms with Crippen LogP contribution in [0.15, 0.2) is 46.7 Å². The lowest BCUT2D eigenvalue weighted by molar-refractivity contribution is -0.215. The minimum Gasteiger partial charge on any atom is -0.481 e. The van der Waals surface area contributed by atoms with E-state index in [9.17, 15) is 9.59 Å². The number of aliphatic carboxylic acids is 1. The molecule has 0 atom stereocenters. The number of nitrogens with zero attached hydrogens (tertiary/aromatic N) is 1. The summed E-state index contributed by atoms with van der Waals surface area (Å²) in [6.07, 6.45) is 1.62. The predicted octanol–water partition coefficient (Wildman–Crippen LogP) is 5.35. The van der Waals surface area contributed by atoms with Crippen LogP contribution in [0, 0.1) is 5.92 Å². The number of halogens is 2. The Morgan fingerprint density at radius 2 is 1.88 bits per heavy atom. The Bertz CT molecular complexity index is 1080. The SMILES string of the molecule is C=C(C(=O)N1CCC(C(=O)O)CC1)c1ccc(Sc2ccc3c(c2)CCOO3)c(Cl)c1Cl. The van der Waals surface area contributed by atoms with Gasteiger partial charge in [0, 0.05) is 46.0 Å². The standard InChI is InChI=1S/C23H21Cl2NO5S/c1-13(22(27)26-9-6-14(7-10-26)23(28)29)17-3-5-19(21(25)20(17)24)32-16-2-4-18-15(12-16)8-11-30-31-18/h2-5,12,14H,1,6-11H2,(H,28,29). The number of hydrogen-bond donors (Lipinski definition) is 1. The Hall–Kier alpha value is -2.19. The summed E-state index contributed by atoms with van der Waals surface area (Å²) < 4.78 is 0. The zero-order valence-corrected chi connectivity index (χ0v) is 19.4. The molecule has 1 N–H and O–H groups in total. The van der Waals surface area contributed by atoms with Gasteiger partial charge < -0.3 is 14.9 Å². The summed E-state index contributed by atoms with van der Waals surface area (Å²) >= 11 is 14.6. The van der Waals surface area contributed by atoms with Crippen LogP contribution in [0.2, 0.25) is 10.0 Å². The second-order valence-corrected chi connectivity index (χ2v) is 9.52. The maximum Gasteiger partial charge on any atom is 0.306 e. The Morgan fingerprint density at radius 3 is 2.59 bits per heavy atom. The first-order chi connectivity index (χ1) is 15.3. The first kappa shape index (κ1) is 23.0. The molecule has 2 aromatic carbocycles. The average molecular weight is 494 g/mol. The summed E-state index contributed by atoms with van der Waals surface area (Å²) in [7, 11) is 0. The number of carboxylic acids is 1. The minimum atomic E-state index is -0.821. The van der Waals surface area contributed by atoms with Gasteiger partial charge in [-0.1, -0.05) is 47.6 Å². The van der Waals surface area contributed by atoms with Crippen LogP contribution in [0.5, 0.6) is 5.75 Å². The molecule has 0 unspecified atom stereocenters. The third-order valence-corrected chi connectivity index (χ3v) is 7.67. The van der Waals surface area contributed by atoms with Crippen molar-refractivity contribution in [3.8, 4) is 5.75 Å². The van der Waals surface area contributed by atoms with Crippen LogP contribution in [-0.2, 0) is 20.9 Å². The summed E-state index contributed by atoms with van der Waals surface area (Å²) in [5.41, 5.74) is 1.78. The molecule has 0 aromatic heterocycles. The van der Waals surface area contributed by atoms with Crippen molar-refractivity contribution in [3.63, 3.8) is 0 Å². The van der Waals surface area contributed by atoms with E-state index in [4.69, 9.17) is 38.1 Å². The van der Waals surface area contributed by atoms with Gasteiger partial charge in [0.25, 0.3) is 5.91 Å².